The third kappa shape index (κ3) is 4.48. The number of aryl methyl sites for hydroxylation is 2. The highest BCUT2D eigenvalue weighted by Gasteiger charge is 2.35. The Hall–Kier alpha value is -2.82. The Labute approximate surface area is 160 Å². The molecule has 1 aliphatic rings. The van der Waals surface area contributed by atoms with Gasteiger partial charge in [0, 0.05) is 24.3 Å². The molecule has 0 aromatic heterocycles. The number of anilines is 2. The van der Waals surface area contributed by atoms with Crippen LogP contribution in [-0.2, 0) is 9.59 Å². The van der Waals surface area contributed by atoms with Gasteiger partial charge in [-0.3, -0.25) is 9.59 Å². The zero-order valence-electron chi connectivity index (χ0n) is 16.1. The van der Waals surface area contributed by atoms with Crippen molar-refractivity contribution in [1.82, 2.24) is 0 Å². The molecule has 142 valence electrons. The predicted octanol–water partition coefficient (Wildman–Crippen LogP) is 4.08. The number of nitrogens with one attached hydrogen (secondary N) is 1. The Balaban J connectivity index is 1.64. The number of amides is 2. The Morgan fingerprint density at radius 3 is 2.56 bits per heavy atom. The lowest BCUT2D eigenvalue weighted by atomic mass is 10.1. The molecule has 0 unspecified atom stereocenters. The van der Waals surface area contributed by atoms with Crippen molar-refractivity contribution in [2.45, 2.75) is 33.6 Å². The number of hydrogen-bond donors (Lipinski definition) is 1. The van der Waals surface area contributed by atoms with E-state index in [4.69, 9.17) is 4.74 Å². The average molecular weight is 366 g/mol. The van der Waals surface area contributed by atoms with Crippen LogP contribution < -0.4 is 15.0 Å². The zero-order chi connectivity index (χ0) is 19.4. The molecule has 27 heavy (non-hydrogen) atoms. The second-order valence-electron chi connectivity index (χ2n) is 7.04. The van der Waals surface area contributed by atoms with Crippen molar-refractivity contribution in [3.05, 3.63) is 53.6 Å². The minimum Gasteiger partial charge on any atom is -0.494 e. The fourth-order valence-corrected chi connectivity index (χ4v) is 3.14. The molecule has 2 aromatic carbocycles. The van der Waals surface area contributed by atoms with E-state index in [9.17, 15) is 9.59 Å². The van der Waals surface area contributed by atoms with E-state index < -0.39 is 0 Å². The molecule has 0 radical (unpaired) electrons. The molecular weight excluding hydrogens is 340 g/mol. The topological polar surface area (TPSA) is 58.6 Å². The first kappa shape index (κ1) is 19.0. The lowest BCUT2D eigenvalue weighted by Crippen LogP contribution is -2.28. The van der Waals surface area contributed by atoms with E-state index in [-0.39, 0.29) is 24.2 Å². The van der Waals surface area contributed by atoms with Crippen LogP contribution in [0, 0.1) is 19.8 Å². The summed E-state index contributed by atoms with van der Waals surface area (Å²) in [6.45, 7) is 7.17. The fraction of sp³-hybridized carbons (Fsp3) is 0.364. The molecule has 1 N–H and O–H groups in total. The number of carbonyl (C=O) groups excluding carboxylic acids is 2. The Bertz CT molecular complexity index is 830. The lowest BCUT2D eigenvalue weighted by Gasteiger charge is -2.17. The van der Waals surface area contributed by atoms with E-state index in [0.29, 0.717) is 13.2 Å². The van der Waals surface area contributed by atoms with E-state index >= 15 is 0 Å². The highest BCUT2D eigenvalue weighted by molar-refractivity contribution is 6.03. The lowest BCUT2D eigenvalue weighted by molar-refractivity contribution is -0.122. The highest BCUT2D eigenvalue weighted by atomic mass is 16.5. The molecule has 2 amide bonds. The normalized spacial score (nSPS) is 16.5. The van der Waals surface area contributed by atoms with Gasteiger partial charge < -0.3 is 15.0 Å². The molecule has 2 aromatic rings. The summed E-state index contributed by atoms with van der Waals surface area (Å²) in [5.41, 5.74) is 3.88. The summed E-state index contributed by atoms with van der Waals surface area (Å²) in [5, 5.41) is 2.94. The summed E-state index contributed by atoms with van der Waals surface area (Å²) >= 11 is 0. The van der Waals surface area contributed by atoms with Crippen LogP contribution in [0.2, 0.25) is 0 Å². The molecule has 0 spiro atoms. The number of benzene rings is 2. The van der Waals surface area contributed by atoms with Crippen molar-refractivity contribution in [3.63, 3.8) is 0 Å². The molecule has 1 aliphatic heterocycles. The van der Waals surface area contributed by atoms with Crippen LogP contribution in [0.25, 0.3) is 0 Å². The van der Waals surface area contributed by atoms with Gasteiger partial charge in [-0.15, -0.1) is 0 Å². The molecule has 0 bridgehead atoms. The second kappa shape index (κ2) is 8.25. The van der Waals surface area contributed by atoms with E-state index in [1.807, 2.05) is 56.3 Å². The van der Waals surface area contributed by atoms with Crippen LogP contribution in [0.3, 0.4) is 0 Å². The third-order valence-electron chi connectivity index (χ3n) is 4.89. The number of rotatable bonds is 6. The summed E-state index contributed by atoms with van der Waals surface area (Å²) in [5.74, 6) is 0.292. The number of carbonyl (C=O) groups is 2. The van der Waals surface area contributed by atoms with E-state index in [1.165, 1.54) is 5.56 Å². The van der Waals surface area contributed by atoms with Gasteiger partial charge in [-0.1, -0.05) is 13.0 Å². The summed E-state index contributed by atoms with van der Waals surface area (Å²) in [4.78, 5) is 26.7. The average Bonchev–Trinajstić information content (AvgIpc) is 3.05. The molecule has 1 fully saturated rings. The monoisotopic (exact) mass is 366 g/mol. The van der Waals surface area contributed by atoms with Crippen molar-refractivity contribution in [1.29, 1.82) is 0 Å². The fourth-order valence-electron chi connectivity index (χ4n) is 3.14. The first-order valence-electron chi connectivity index (χ1n) is 9.39. The zero-order valence-corrected chi connectivity index (χ0v) is 16.1. The van der Waals surface area contributed by atoms with Crippen molar-refractivity contribution in [2.75, 3.05) is 23.4 Å². The van der Waals surface area contributed by atoms with Gasteiger partial charge in [0.2, 0.25) is 11.8 Å². The van der Waals surface area contributed by atoms with Gasteiger partial charge in [0.1, 0.15) is 5.75 Å². The minimum absolute atomic E-state index is 0.0301. The van der Waals surface area contributed by atoms with Crippen molar-refractivity contribution >= 4 is 23.2 Å². The van der Waals surface area contributed by atoms with E-state index in [1.54, 1.807) is 4.90 Å². The molecule has 1 heterocycles. The highest BCUT2D eigenvalue weighted by Crippen LogP contribution is 2.28. The SMILES string of the molecule is CCCOc1ccc(N2C[C@@H](C(=O)Nc3ccc(C)c(C)c3)CC2=O)cc1. The van der Waals surface area contributed by atoms with Gasteiger partial charge in [-0.05, 0) is 67.8 Å². The maximum absolute atomic E-state index is 12.6. The van der Waals surface area contributed by atoms with E-state index in [0.717, 1.165) is 29.1 Å². The second-order valence-corrected chi connectivity index (χ2v) is 7.04. The minimum atomic E-state index is -0.352. The molecule has 0 aliphatic carbocycles. The molecule has 1 saturated heterocycles. The van der Waals surface area contributed by atoms with Gasteiger partial charge in [-0.25, -0.2) is 0 Å². The number of ether oxygens (including phenoxy) is 1. The quantitative estimate of drug-likeness (QED) is 0.838. The van der Waals surface area contributed by atoms with Crippen LogP contribution in [0.4, 0.5) is 11.4 Å². The smallest absolute Gasteiger partial charge is 0.229 e. The van der Waals surface area contributed by atoms with Crippen LogP contribution in [0.15, 0.2) is 42.5 Å². The molecule has 0 saturated carbocycles. The first-order chi connectivity index (χ1) is 13.0. The van der Waals surface area contributed by atoms with Gasteiger partial charge >= 0.3 is 0 Å². The maximum atomic E-state index is 12.6. The standard InChI is InChI=1S/C22H26N2O3/c1-4-11-27-20-9-7-19(8-10-20)24-14-17(13-21(24)25)22(26)23-18-6-5-15(2)16(3)12-18/h5-10,12,17H,4,11,13-14H2,1-3H3,(H,23,26)/t17-/m0/s1. The van der Waals surface area contributed by atoms with Crippen molar-refractivity contribution in [3.8, 4) is 5.75 Å². The first-order valence-corrected chi connectivity index (χ1v) is 9.39. The summed E-state index contributed by atoms with van der Waals surface area (Å²) in [7, 11) is 0. The van der Waals surface area contributed by atoms with Gasteiger partial charge in [0.15, 0.2) is 0 Å². The Morgan fingerprint density at radius 2 is 1.89 bits per heavy atom. The summed E-state index contributed by atoms with van der Waals surface area (Å²) in [6.07, 6.45) is 1.18. The Kier molecular flexibility index (Phi) is 5.79. The largest absolute Gasteiger partial charge is 0.494 e. The number of nitrogens with zero attached hydrogens (tertiary/aromatic N) is 1. The van der Waals surface area contributed by atoms with Crippen molar-refractivity contribution in [2.24, 2.45) is 5.92 Å². The van der Waals surface area contributed by atoms with Crippen LogP contribution >= 0.6 is 0 Å². The third-order valence-corrected chi connectivity index (χ3v) is 4.89. The number of hydrogen-bond acceptors (Lipinski definition) is 3. The van der Waals surface area contributed by atoms with Gasteiger partial charge in [-0.2, -0.15) is 0 Å². The molecular formula is C22H26N2O3. The molecule has 5 heteroatoms. The van der Waals surface area contributed by atoms with Crippen LogP contribution in [0.5, 0.6) is 5.75 Å². The Morgan fingerprint density at radius 1 is 1.15 bits per heavy atom. The van der Waals surface area contributed by atoms with E-state index in [2.05, 4.69) is 12.2 Å². The van der Waals surface area contributed by atoms with Crippen LogP contribution in [-0.4, -0.2) is 25.0 Å². The molecule has 3 rings (SSSR count). The maximum Gasteiger partial charge on any atom is 0.229 e. The summed E-state index contributed by atoms with van der Waals surface area (Å²) < 4.78 is 5.58. The predicted molar refractivity (Wildman–Crippen MR) is 107 cm³/mol. The van der Waals surface area contributed by atoms with Crippen LogP contribution in [0.1, 0.15) is 30.9 Å². The summed E-state index contributed by atoms with van der Waals surface area (Å²) in [6, 6.07) is 13.3. The van der Waals surface area contributed by atoms with Crippen molar-refractivity contribution < 1.29 is 14.3 Å². The molecule has 1 atom stereocenters. The molecule has 5 nitrogen and oxygen atoms in total. The van der Waals surface area contributed by atoms with Gasteiger partial charge in [0.05, 0.1) is 12.5 Å². The van der Waals surface area contributed by atoms with Gasteiger partial charge in [0.25, 0.3) is 0 Å².